The maximum Gasteiger partial charge on any atom is 0.223 e. The van der Waals surface area contributed by atoms with Gasteiger partial charge in [0, 0.05) is 25.6 Å². The number of rotatable bonds is 5. The Kier molecular flexibility index (Phi) is 7.91. The highest BCUT2D eigenvalue weighted by atomic mass is 35.5. The number of nitrogens with one attached hydrogen (secondary N) is 1. The van der Waals surface area contributed by atoms with Crippen molar-refractivity contribution in [1.29, 1.82) is 0 Å². The second-order valence-corrected chi connectivity index (χ2v) is 6.17. The van der Waals surface area contributed by atoms with Gasteiger partial charge in [0.2, 0.25) is 5.91 Å². The molecule has 1 aromatic carbocycles. The number of amides is 1. The van der Waals surface area contributed by atoms with Crippen molar-refractivity contribution < 1.29 is 4.79 Å². The van der Waals surface area contributed by atoms with Crippen LogP contribution >= 0.6 is 12.4 Å². The minimum Gasteiger partial charge on any atom is -0.341 e. The molecule has 0 spiro atoms. The van der Waals surface area contributed by atoms with E-state index in [0.29, 0.717) is 24.3 Å². The topological polar surface area (TPSA) is 32.3 Å². The highest BCUT2D eigenvalue weighted by Gasteiger charge is 2.23. The molecule has 1 heterocycles. The summed E-state index contributed by atoms with van der Waals surface area (Å²) >= 11 is 0. The Bertz CT molecular complexity index is 461. The number of carbonyl (C=O) groups is 1. The molecular formula is C18H29ClN2O. The second kappa shape index (κ2) is 9.16. The number of hydrogen-bond donors (Lipinski definition) is 1. The SMILES string of the molecule is CCc1ccc(C(C)CC(=O)N2CCCC(NC)C2)cc1.Cl. The maximum absolute atomic E-state index is 12.5. The third kappa shape index (κ3) is 4.99. The van der Waals surface area contributed by atoms with Gasteiger partial charge >= 0.3 is 0 Å². The second-order valence-electron chi connectivity index (χ2n) is 6.17. The molecule has 1 aromatic rings. The molecule has 2 unspecified atom stereocenters. The van der Waals surface area contributed by atoms with Crippen molar-refractivity contribution in [2.45, 2.75) is 51.5 Å². The number of benzene rings is 1. The first-order valence-electron chi connectivity index (χ1n) is 8.18. The predicted octanol–water partition coefficient (Wildman–Crippen LogP) is 3.37. The Morgan fingerprint density at radius 3 is 2.64 bits per heavy atom. The molecule has 1 saturated heterocycles. The molecule has 2 atom stereocenters. The minimum absolute atomic E-state index is 0. The smallest absolute Gasteiger partial charge is 0.223 e. The van der Waals surface area contributed by atoms with Crippen LogP contribution in [-0.4, -0.2) is 37.0 Å². The highest BCUT2D eigenvalue weighted by Crippen LogP contribution is 2.22. The zero-order chi connectivity index (χ0) is 15.2. The molecule has 1 fully saturated rings. The standard InChI is InChI=1S/C18H28N2O.ClH/c1-4-15-7-9-16(10-8-15)14(2)12-18(21)20-11-5-6-17(13-20)19-3;/h7-10,14,17,19H,4-6,11-13H2,1-3H3;1H. The average molecular weight is 325 g/mol. The Labute approximate surface area is 140 Å². The molecule has 0 saturated carbocycles. The first kappa shape index (κ1) is 19.0. The van der Waals surface area contributed by atoms with Gasteiger partial charge in [-0.05, 0) is 43.4 Å². The van der Waals surface area contributed by atoms with Gasteiger partial charge in [-0.1, -0.05) is 38.1 Å². The van der Waals surface area contributed by atoms with Gasteiger partial charge in [-0.15, -0.1) is 12.4 Å². The van der Waals surface area contributed by atoms with E-state index in [9.17, 15) is 4.79 Å². The Hall–Kier alpha value is -1.06. The van der Waals surface area contributed by atoms with Crippen molar-refractivity contribution >= 4 is 18.3 Å². The van der Waals surface area contributed by atoms with Crippen LogP contribution in [0.1, 0.15) is 50.2 Å². The van der Waals surface area contributed by atoms with Crippen molar-refractivity contribution in [3.8, 4) is 0 Å². The molecule has 0 radical (unpaired) electrons. The van der Waals surface area contributed by atoms with Crippen LogP contribution in [0.4, 0.5) is 0 Å². The zero-order valence-electron chi connectivity index (χ0n) is 14.0. The van der Waals surface area contributed by atoms with Crippen molar-refractivity contribution in [2.75, 3.05) is 20.1 Å². The van der Waals surface area contributed by atoms with Crippen molar-refractivity contribution in [3.05, 3.63) is 35.4 Å². The lowest BCUT2D eigenvalue weighted by Crippen LogP contribution is -2.47. The van der Waals surface area contributed by atoms with Crippen LogP contribution < -0.4 is 5.32 Å². The average Bonchev–Trinajstić information content (AvgIpc) is 2.54. The van der Waals surface area contributed by atoms with Crippen LogP contribution in [0.5, 0.6) is 0 Å². The Balaban J connectivity index is 0.00000242. The van der Waals surface area contributed by atoms with Gasteiger partial charge < -0.3 is 10.2 Å². The van der Waals surface area contributed by atoms with Crippen molar-refractivity contribution in [1.82, 2.24) is 10.2 Å². The normalized spacial score (nSPS) is 19.4. The van der Waals surface area contributed by atoms with E-state index in [-0.39, 0.29) is 12.4 Å². The molecular weight excluding hydrogens is 296 g/mol. The van der Waals surface area contributed by atoms with E-state index < -0.39 is 0 Å². The van der Waals surface area contributed by atoms with Crippen LogP contribution in [0.2, 0.25) is 0 Å². The molecule has 4 heteroatoms. The van der Waals surface area contributed by atoms with Crippen molar-refractivity contribution in [2.24, 2.45) is 0 Å². The number of likely N-dealkylation sites (tertiary alicyclic amines) is 1. The highest BCUT2D eigenvalue weighted by molar-refractivity contribution is 5.85. The largest absolute Gasteiger partial charge is 0.341 e. The van der Waals surface area contributed by atoms with E-state index in [1.54, 1.807) is 0 Å². The van der Waals surface area contributed by atoms with E-state index in [2.05, 4.69) is 43.4 Å². The molecule has 1 amide bonds. The van der Waals surface area contributed by atoms with E-state index in [4.69, 9.17) is 0 Å². The van der Waals surface area contributed by atoms with E-state index in [0.717, 1.165) is 25.9 Å². The molecule has 1 N–H and O–H groups in total. The van der Waals surface area contributed by atoms with Crippen LogP contribution in [0.15, 0.2) is 24.3 Å². The van der Waals surface area contributed by atoms with Gasteiger partial charge in [0.15, 0.2) is 0 Å². The summed E-state index contributed by atoms with van der Waals surface area (Å²) < 4.78 is 0. The lowest BCUT2D eigenvalue weighted by molar-refractivity contribution is -0.132. The maximum atomic E-state index is 12.5. The van der Waals surface area contributed by atoms with Gasteiger partial charge in [0.05, 0.1) is 0 Å². The van der Waals surface area contributed by atoms with Crippen LogP contribution in [0.25, 0.3) is 0 Å². The first-order valence-corrected chi connectivity index (χ1v) is 8.18. The molecule has 1 aliphatic rings. The van der Waals surface area contributed by atoms with Crippen LogP contribution in [0.3, 0.4) is 0 Å². The van der Waals surface area contributed by atoms with E-state index >= 15 is 0 Å². The molecule has 0 bridgehead atoms. The van der Waals surface area contributed by atoms with Crippen LogP contribution in [-0.2, 0) is 11.2 Å². The van der Waals surface area contributed by atoms with Gasteiger partial charge in [0.25, 0.3) is 0 Å². The molecule has 124 valence electrons. The van der Waals surface area contributed by atoms with Gasteiger partial charge in [-0.25, -0.2) is 0 Å². The fourth-order valence-electron chi connectivity index (χ4n) is 3.03. The zero-order valence-corrected chi connectivity index (χ0v) is 14.8. The number of aryl methyl sites for hydroxylation is 1. The number of hydrogen-bond acceptors (Lipinski definition) is 2. The lowest BCUT2D eigenvalue weighted by atomic mass is 9.95. The number of halogens is 1. The Morgan fingerprint density at radius 2 is 2.05 bits per heavy atom. The molecule has 0 aliphatic carbocycles. The summed E-state index contributed by atoms with van der Waals surface area (Å²) in [6, 6.07) is 9.15. The summed E-state index contributed by atoms with van der Waals surface area (Å²) in [6.07, 6.45) is 3.96. The predicted molar refractivity (Wildman–Crippen MR) is 94.8 cm³/mol. The van der Waals surface area contributed by atoms with Gasteiger partial charge in [0.1, 0.15) is 0 Å². The fraction of sp³-hybridized carbons (Fsp3) is 0.611. The number of carbonyl (C=O) groups excluding carboxylic acids is 1. The van der Waals surface area contributed by atoms with E-state index in [1.165, 1.54) is 17.5 Å². The molecule has 3 nitrogen and oxygen atoms in total. The van der Waals surface area contributed by atoms with Crippen molar-refractivity contribution in [3.63, 3.8) is 0 Å². The summed E-state index contributed by atoms with van der Waals surface area (Å²) in [5, 5.41) is 3.29. The van der Waals surface area contributed by atoms with E-state index in [1.807, 2.05) is 11.9 Å². The van der Waals surface area contributed by atoms with Gasteiger partial charge in [-0.3, -0.25) is 4.79 Å². The summed E-state index contributed by atoms with van der Waals surface area (Å²) in [6.45, 7) is 6.09. The summed E-state index contributed by atoms with van der Waals surface area (Å²) in [5.74, 6) is 0.584. The molecule has 1 aliphatic heterocycles. The lowest BCUT2D eigenvalue weighted by Gasteiger charge is -2.33. The monoisotopic (exact) mass is 324 g/mol. The summed E-state index contributed by atoms with van der Waals surface area (Å²) in [7, 11) is 1.98. The first-order chi connectivity index (χ1) is 10.1. The third-order valence-electron chi connectivity index (χ3n) is 4.62. The molecule has 2 rings (SSSR count). The number of piperidine rings is 1. The third-order valence-corrected chi connectivity index (χ3v) is 4.62. The number of likely N-dealkylation sites (N-methyl/N-ethyl adjacent to an activating group) is 1. The molecule has 22 heavy (non-hydrogen) atoms. The summed E-state index contributed by atoms with van der Waals surface area (Å²) in [4.78, 5) is 14.5. The quantitative estimate of drug-likeness (QED) is 0.900. The summed E-state index contributed by atoms with van der Waals surface area (Å²) in [5.41, 5.74) is 2.62. The van der Waals surface area contributed by atoms with Gasteiger partial charge in [-0.2, -0.15) is 0 Å². The van der Waals surface area contributed by atoms with Crippen LogP contribution in [0, 0.1) is 0 Å². The minimum atomic E-state index is 0. The molecule has 0 aromatic heterocycles. The Morgan fingerprint density at radius 1 is 1.36 bits per heavy atom. The number of nitrogens with zero attached hydrogens (tertiary/aromatic N) is 1. The fourth-order valence-corrected chi connectivity index (χ4v) is 3.03.